The molecule has 1 fully saturated rings. The normalized spacial score (nSPS) is 15.1. The van der Waals surface area contributed by atoms with Gasteiger partial charge in [0.15, 0.2) is 0 Å². The Balaban J connectivity index is 1.52. The molecule has 23 heavy (non-hydrogen) atoms. The monoisotopic (exact) mass is 311 g/mol. The van der Waals surface area contributed by atoms with Crippen molar-refractivity contribution < 1.29 is 4.79 Å². The van der Waals surface area contributed by atoms with E-state index in [1.165, 1.54) is 19.3 Å². The largest absolute Gasteiger partial charge is 0.350 e. The van der Waals surface area contributed by atoms with Crippen molar-refractivity contribution in [1.29, 1.82) is 0 Å². The van der Waals surface area contributed by atoms with Crippen molar-refractivity contribution in [3.63, 3.8) is 0 Å². The van der Waals surface area contributed by atoms with Gasteiger partial charge in [0.1, 0.15) is 0 Å². The molecule has 3 rings (SSSR count). The third kappa shape index (κ3) is 4.48. The van der Waals surface area contributed by atoms with E-state index >= 15 is 0 Å². The lowest BCUT2D eigenvalue weighted by molar-refractivity contribution is 0.0927. The first kappa shape index (κ1) is 15.4. The predicted molar refractivity (Wildman–Crippen MR) is 87.9 cm³/mol. The number of hydrogen-bond acceptors (Lipinski definition) is 5. The molecule has 0 atom stereocenters. The second kappa shape index (κ2) is 7.67. The fraction of sp³-hybridized carbons (Fsp3) is 0.412. The number of carbonyl (C=O) groups excluding carboxylic acids is 1. The van der Waals surface area contributed by atoms with Crippen molar-refractivity contribution in [2.45, 2.75) is 44.7 Å². The lowest BCUT2D eigenvalue weighted by Crippen LogP contribution is -2.36. The highest BCUT2D eigenvalue weighted by Gasteiger charge is 2.17. The van der Waals surface area contributed by atoms with Crippen molar-refractivity contribution in [2.24, 2.45) is 0 Å². The van der Waals surface area contributed by atoms with Crippen LogP contribution in [0.5, 0.6) is 0 Å². The number of anilines is 1. The highest BCUT2D eigenvalue weighted by Crippen LogP contribution is 2.17. The van der Waals surface area contributed by atoms with E-state index in [4.69, 9.17) is 0 Å². The van der Waals surface area contributed by atoms with Crippen LogP contribution < -0.4 is 10.6 Å². The zero-order valence-electron chi connectivity index (χ0n) is 13.0. The number of carbonyl (C=O) groups is 1. The third-order valence-electron chi connectivity index (χ3n) is 4.03. The summed E-state index contributed by atoms with van der Waals surface area (Å²) in [6.07, 6.45) is 12.4. The average molecular weight is 311 g/mol. The number of hydrogen-bond donors (Lipinski definition) is 2. The van der Waals surface area contributed by atoms with E-state index < -0.39 is 0 Å². The van der Waals surface area contributed by atoms with Crippen LogP contribution in [-0.2, 0) is 6.54 Å². The van der Waals surface area contributed by atoms with Gasteiger partial charge in [-0.1, -0.05) is 25.3 Å². The molecule has 1 saturated carbocycles. The molecule has 0 radical (unpaired) electrons. The highest BCUT2D eigenvalue weighted by atomic mass is 16.1. The SMILES string of the molecule is O=C(NC1CCCCC1)c1cnc(NCc2cccnc2)nc1. The van der Waals surface area contributed by atoms with Crippen LogP contribution in [0.15, 0.2) is 36.9 Å². The van der Waals surface area contributed by atoms with Crippen LogP contribution >= 0.6 is 0 Å². The van der Waals surface area contributed by atoms with Crippen molar-refractivity contribution in [1.82, 2.24) is 20.3 Å². The molecule has 0 aromatic carbocycles. The van der Waals surface area contributed by atoms with E-state index in [0.29, 0.717) is 24.1 Å². The Morgan fingerprint density at radius 1 is 1.13 bits per heavy atom. The minimum Gasteiger partial charge on any atom is -0.350 e. The van der Waals surface area contributed by atoms with Gasteiger partial charge in [0.05, 0.1) is 5.56 Å². The molecule has 6 heteroatoms. The lowest BCUT2D eigenvalue weighted by Gasteiger charge is -2.22. The summed E-state index contributed by atoms with van der Waals surface area (Å²) in [6, 6.07) is 4.15. The Morgan fingerprint density at radius 3 is 2.61 bits per heavy atom. The summed E-state index contributed by atoms with van der Waals surface area (Å²) >= 11 is 0. The summed E-state index contributed by atoms with van der Waals surface area (Å²) in [6.45, 7) is 0.599. The van der Waals surface area contributed by atoms with Gasteiger partial charge in [-0.15, -0.1) is 0 Å². The van der Waals surface area contributed by atoms with Gasteiger partial charge < -0.3 is 10.6 Å². The van der Waals surface area contributed by atoms with Crippen molar-refractivity contribution >= 4 is 11.9 Å². The van der Waals surface area contributed by atoms with Crippen LogP contribution in [0, 0.1) is 0 Å². The van der Waals surface area contributed by atoms with Crippen LogP contribution in [0.4, 0.5) is 5.95 Å². The maximum absolute atomic E-state index is 12.2. The summed E-state index contributed by atoms with van der Waals surface area (Å²) in [4.78, 5) is 24.6. The predicted octanol–water partition coefficient (Wildman–Crippen LogP) is 2.55. The Morgan fingerprint density at radius 2 is 1.91 bits per heavy atom. The quantitative estimate of drug-likeness (QED) is 0.887. The van der Waals surface area contributed by atoms with Gasteiger partial charge in [-0.05, 0) is 24.5 Å². The third-order valence-corrected chi connectivity index (χ3v) is 4.03. The highest BCUT2D eigenvalue weighted by molar-refractivity contribution is 5.93. The summed E-state index contributed by atoms with van der Waals surface area (Å²) in [7, 11) is 0. The first-order valence-electron chi connectivity index (χ1n) is 8.07. The zero-order valence-corrected chi connectivity index (χ0v) is 13.0. The van der Waals surface area contributed by atoms with E-state index in [1.807, 2.05) is 12.1 Å². The minimum atomic E-state index is -0.0873. The van der Waals surface area contributed by atoms with E-state index in [0.717, 1.165) is 18.4 Å². The van der Waals surface area contributed by atoms with Crippen LogP contribution in [0.3, 0.4) is 0 Å². The number of aromatic nitrogens is 3. The Hall–Kier alpha value is -2.50. The number of amides is 1. The van der Waals surface area contributed by atoms with Crippen molar-refractivity contribution in [3.05, 3.63) is 48.0 Å². The summed E-state index contributed by atoms with van der Waals surface area (Å²) in [5.74, 6) is 0.416. The molecule has 6 nitrogen and oxygen atoms in total. The lowest BCUT2D eigenvalue weighted by atomic mass is 9.95. The molecule has 2 heterocycles. The molecular weight excluding hydrogens is 290 g/mol. The molecule has 0 aliphatic heterocycles. The first-order valence-corrected chi connectivity index (χ1v) is 8.07. The van der Waals surface area contributed by atoms with Gasteiger partial charge in [0.2, 0.25) is 5.95 Å². The van der Waals surface area contributed by atoms with Crippen molar-refractivity contribution in [2.75, 3.05) is 5.32 Å². The molecular formula is C17H21N5O. The molecule has 120 valence electrons. The standard InChI is InChI=1S/C17H21N5O/c23-16(22-15-6-2-1-3-7-15)14-11-20-17(21-12-14)19-10-13-5-4-8-18-9-13/h4-5,8-9,11-12,15H,1-3,6-7,10H2,(H,22,23)(H,19,20,21). The summed E-state index contributed by atoms with van der Waals surface area (Å²) in [5, 5.41) is 6.18. The smallest absolute Gasteiger partial charge is 0.254 e. The summed E-state index contributed by atoms with van der Waals surface area (Å²) in [5.41, 5.74) is 1.55. The molecule has 0 bridgehead atoms. The molecule has 2 aromatic heterocycles. The van der Waals surface area contributed by atoms with E-state index in [2.05, 4.69) is 25.6 Å². The number of pyridine rings is 1. The van der Waals surface area contributed by atoms with E-state index in [1.54, 1.807) is 24.8 Å². The Kier molecular flexibility index (Phi) is 5.13. The number of rotatable bonds is 5. The van der Waals surface area contributed by atoms with Gasteiger partial charge in [0, 0.05) is 37.4 Å². The van der Waals surface area contributed by atoms with Gasteiger partial charge in [0.25, 0.3) is 5.91 Å². The summed E-state index contributed by atoms with van der Waals surface area (Å²) < 4.78 is 0. The molecule has 0 unspecified atom stereocenters. The molecule has 1 aliphatic rings. The molecule has 0 saturated heterocycles. The fourth-order valence-electron chi connectivity index (χ4n) is 2.74. The zero-order chi connectivity index (χ0) is 15.9. The Bertz CT molecular complexity index is 623. The molecule has 2 N–H and O–H groups in total. The average Bonchev–Trinajstić information content (AvgIpc) is 2.62. The maximum atomic E-state index is 12.2. The molecule has 1 aliphatic carbocycles. The van der Waals surface area contributed by atoms with Gasteiger partial charge in [-0.25, -0.2) is 9.97 Å². The minimum absolute atomic E-state index is 0.0873. The topological polar surface area (TPSA) is 79.8 Å². The van der Waals surface area contributed by atoms with Gasteiger partial charge >= 0.3 is 0 Å². The Labute approximate surface area is 135 Å². The number of nitrogens with one attached hydrogen (secondary N) is 2. The maximum Gasteiger partial charge on any atom is 0.254 e. The second-order valence-corrected chi connectivity index (χ2v) is 5.82. The first-order chi connectivity index (χ1) is 11.3. The molecule has 1 amide bonds. The van der Waals surface area contributed by atoms with E-state index in [9.17, 15) is 4.79 Å². The number of nitrogens with zero attached hydrogens (tertiary/aromatic N) is 3. The van der Waals surface area contributed by atoms with E-state index in [-0.39, 0.29) is 5.91 Å². The molecule has 2 aromatic rings. The molecule has 0 spiro atoms. The van der Waals surface area contributed by atoms with Crippen LogP contribution in [0.1, 0.15) is 48.0 Å². The van der Waals surface area contributed by atoms with Crippen LogP contribution in [0.2, 0.25) is 0 Å². The van der Waals surface area contributed by atoms with Gasteiger partial charge in [-0.3, -0.25) is 9.78 Å². The fourth-order valence-corrected chi connectivity index (χ4v) is 2.74. The van der Waals surface area contributed by atoms with Crippen molar-refractivity contribution in [3.8, 4) is 0 Å². The van der Waals surface area contributed by atoms with Crippen LogP contribution in [-0.4, -0.2) is 26.9 Å². The second-order valence-electron chi connectivity index (χ2n) is 5.82. The van der Waals surface area contributed by atoms with Crippen LogP contribution in [0.25, 0.3) is 0 Å². The van der Waals surface area contributed by atoms with Gasteiger partial charge in [-0.2, -0.15) is 0 Å².